The fraction of sp³-hybridized carbons (Fsp3) is 0.0952. The Morgan fingerprint density at radius 2 is 1.90 bits per heavy atom. The summed E-state index contributed by atoms with van der Waals surface area (Å²) < 4.78 is 18.0. The molecule has 2 aromatic heterocycles. The molecular weight excluding hydrogens is 404 g/mol. The van der Waals surface area contributed by atoms with Gasteiger partial charge in [0.05, 0.1) is 12.0 Å². The fourth-order valence-electron chi connectivity index (χ4n) is 3.04. The van der Waals surface area contributed by atoms with Crippen molar-refractivity contribution in [2.45, 2.75) is 5.16 Å². The number of benzene rings is 2. The largest absolute Gasteiger partial charge is 0.461 e. The van der Waals surface area contributed by atoms with Crippen LogP contribution in [0.25, 0.3) is 17.3 Å². The maximum atomic E-state index is 12.5. The Morgan fingerprint density at radius 3 is 2.73 bits per heavy atom. The number of para-hydroxylation sites is 1. The minimum absolute atomic E-state index is 0.164. The van der Waals surface area contributed by atoms with Gasteiger partial charge in [-0.3, -0.25) is 9.36 Å². The number of hydrogen-bond acceptors (Lipinski definition) is 7. The molecule has 2 aromatic carbocycles. The smallest absolute Gasteiger partial charge is 0.234 e. The summed E-state index contributed by atoms with van der Waals surface area (Å²) in [5.41, 5.74) is 1.53. The fourth-order valence-corrected chi connectivity index (χ4v) is 3.79. The highest BCUT2D eigenvalue weighted by Crippen LogP contribution is 2.34. The molecule has 0 unspecified atom stereocenters. The maximum Gasteiger partial charge on any atom is 0.234 e. The molecule has 0 bridgehead atoms. The van der Waals surface area contributed by atoms with Gasteiger partial charge in [-0.05, 0) is 36.4 Å². The van der Waals surface area contributed by atoms with Crippen LogP contribution in [-0.2, 0) is 4.79 Å². The van der Waals surface area contributed by atoms with Gasteiger partial charge in [-0.25, -0.2) is 0 Å². The van der Waals surface area contributed by atoms with Crippen molar-refractivity contribution < 1.29 is 18.7 Å². The maximum absolute atomic E-state index is 12.5. The first-order valence-electron chi connectivity index (χ1n) is 9.15. The summed E-state index contributed by atoms with van der Waals surface area (Å²) in [5, 5.41) is 12.0. The van der Waals surface area contributed by atoms with Gasteiger partial charge in [-0.15, -0.1) is 10.2 Å². The molecule has 0 radical (unpaired) electrons. The summed E-state index contributed by atoms with van der Waals surface area (Å²) in [5.74, 6) is 2.46. The highest BCUT2D eigenvalue weighted by Gasteiger charge is 2.19. The predicted octanol–water partition coefficient (Wildman–Crippen LogP) is 3.99. The van der Waals surface area contributed by atoms with E-state index in [1.54, 1.807) is 30.5 Å². The van der Waals surface area contributed by atoms with Crippen molar-refractivity contribution >= 4 is 23.4 Å². The third-order valence-corrected chi connectivity index (χ3v) is 5.31. The molecule has 0 aliphatic carbocycles. The Hall–Kier alpha value is -3.72. The van der Waals surface area contributed by atoms with Crippen LogP contribution >= 0.6 is 11.8 Å². The normalized spacial score (nSPS) is 12.1. The molecule has 0 spiro atoms. The molecule has 0 saturated heterocycles. The van der Waals surface area contributed by atoms with Gasteiger partial charge in [0.15, 0.2) is 22.4 Å². The molecule has 30 heavy (non-hydrogen) atoms. The lowest BCUT2D eigenvalue weighted by Crippen LogP contribution is -2.14. The number of amides is 1. The second kappa shape index (κ2) is 7.96. The molecule has 1 amide bonds. The molecular formula is C21H16N4O4S. The van der Waals surface area contributed by atoms with E-state index in [4.69, 9.17) is 13.9 Å². The molecule has 0 atom stereocenters. The Kier molecular flexibility index (Phi) is 4.86. The van der Waals surface area contributed by atoms with Crippen molar-refractivity contribution in [3.8, 4) is 28.8 Å². The topological polar surface area (TPSA) is 91.4 Å². The first kappa shape index (κ1) is 18.3. The number of hydrogen-bond donors (Lipinski definition) is 1. The predicted molar refractivity (Wildman–Crippen MR) is 111 cm³/mol. The highest BCUT2D eigenvalue weighted by molar-refractivity contribution is 7.99. The number of carbonyl (C=O) groups is 1. The van der Waals surface area contributed by atoms with Crippen LogP contribution in [0.2, 0.25) is 0 Å². The summed E-state index contributed by atoms with van der Waals surface area (Å²) in [4.78, 5) is 12.5. The molecule has 9 heteroatoms. The zero-order chi connectivity index (χ0) is 20.3. The molecule has 150 valence electrons. The lowest BCUT2D eigenvalue weighted by atomic mass is 10.3. The molecule has 0 fully saturated rings. The highest BCUT2D eigenvalue weighted by atomic mass is 32.2. The van der Waals surface area contributed by atoms with Crippen molar-refractivity contribution in [2.75, 3.05) is 17.9 Å². The van der Waals surface area contributed by atoms with Gasteiger partial charge in [-0.2, -0.15) is 0 Å². The van der Waals surface area contributed by atoms with Crippen molar-refractivity contribution in [1.29, 1.82) is 0 Å². The summed E-state index contributed by atoms with van der Waals surface area (Å²) in [7, 11) is 0. The van der Waals surface area contributed by atoms with Crippen molar-refractivity contribution in [1.82, 2.24) is 14.8 Å². The Bertz CT molecular complexity index is 1180. The molecule has 1 aliphatic heterocycles. The molecule has 8 nitrogen and oxygen atoms in total. The van der Waals surface area contributed by atoms with Crippen molar-refractivity contribution in [2.24, 2.45) is 0 Å². The van der Waals surface area contributed by atoms with E-state index in [0.29, 0.717) is 33.9 Å². The van der Waals surface area contributed by atoms with Gasteiger partial charge in [0, 0.05) is 17.4 Å². The van der Waals surface area contributed by atoms with E-state index in [-0.39, 0.29) is 18.5 Å². The van der Waals surface area contributed by atoms with E-state index in [9.17, 15) is 4.79 Å². The van der Waals surface area contributed by atoms with Crippen LogP contribution in [0.4, 0.5) is 5.69 Å². The number of rotatable bonds is 6. The van der Waals surface area contributed by atoms with E-state index >= 15 is 0 Å². The molecule has 5 rings (SSSR count). The van der Waals surface area contributed by atoms with Crippen molar-refractivity contribution in [3.63, 3.8) is 0 Å². The van der Waals surface area contributed by atoms with Crippen LogP contribution < -0.4 is 14.8 Å². The second-order valence-corrected chi connectivity index (χ2v) is 7.30. The first-order chi connectivity index (χ1) is 14.8. The SMILES string of the molecule is O=C(CSc1nnc(-c2ccco2)n1-c1ccccc1)Nc1ccc2c(c1)OCO2. The number of ether oxygens (including phenoxy) is 2. The third kappa shape index (κ3) is 3.62. The minimum atomic E-state index is -0.166. The standard InChI is InChI=1S/C21H16N4O4S/c26-19(22-14-8-9-16-18(11-14)29-13-28-16)12-30-21-24-23-20(17-7-4-10-27-17)25(21)15-5-2-1-3-6-15/h1-11H,12-13H2,(H,22,26). The Labute approximate surface area is 175 Å². The number of thioether (sulfide) groups is 1. The summed E-state index contributed by atoms with van der Waals surface area (Å²) in [6.07, 6.45) is 1.59. The van der Waals surface area contributed by atoms with E-state index in [1.807, 2.05) is 41.0 Å². The average Bonchev–Trinajstić information content (AvgIpc) is 3.52. The van der Waals surface area contributed by atoms with E-state index < -0.39 is 0 Å². The van der Waals surface area contributed by atoms with Crippen LogP contribution in [0.1, 0.15) is 0 Å². The Balaban J connectivity index is 1.34. The summed E-state index contributed by atoms with van der Waals surface area (Å²) >= 11 is 1.29. The first-order valence-corrected chi connectivity index (χ1v) is 10.1. The number of nitrogens with one attached hydrogen (secondary N) is 1. The number of furan rings is 1. The number of nitrogens with zero attached hydrogens (tertiary/aromatic N) is 3. The van der Waals surface area contributed by atoms with Crippen LogP contribution in [0, 0.1) is 0 Å². The van der Waals surface area contributed by atoms with Gasteiger partial charge < -0.3 is 19.2 Å². The molecule has 0 saturated carbocycles. The number of anilines is 1. The number of aromatic nitrogens is 3. The van der Waals surface area contributed by atoms with Crippen LogP contribution in [0.5, 0.6) is 11.5 Å². The van der Waals surface area contributed by atoms with Gasteiger partial charge >= 0.3 is 0 Å². The molecule has 4 aromatic rings. The number of carbonyl (C=O) groups excluding carboxylic acids is 1. The molecule has 1 N–H and O–H groups in total. The van der Waals surface area contributed by atoms with E-state index in [1.165, 1.54) is 11.8 Å². The minimum Gasteiger partial charge on any atom is -0.461 e. The van der Waals surface area contributed by atoms with Crippen LogP contribution in [0.3, 0.4) is 0 Å². The van der Waals surface area contributed by atoms with Gasteiger partial charge in [0.2, 0.25) is 18.5 Å². The Morgan fingerprint density at radius 1 is 1.03 bits per heavy atom. The average molecular weight is 420 g/mol. The monoisotopic (exact) mass is 420 g/mol. The quantitative estimate of drug-likeness (QED) is 0.472. The zero-order valence-corrected chi connectivity index (χ0v) is 16.5. The third-order valence-electron chi connectivity index (χ3n) is 4.38. The number of fused-ring (bicyclic) bond motifs is 1. The van der Waals surface area contributed by atoms with Crippen molar-refractivity contribution in [3.05, 3.63) is 66.9 Å². The molecule has 3 heterocycles. The second-order valence-electron chi connectivity index (χ2n) is 6.36. The van der Waals surface area contributed by atoms with E-state index in [2.05, 4.69) is 15.5 Å². The lowest BCUT2D eigenvalue weighted by Gasteiger charge is -2.09. The lowest BCUT2D eigenvalue weighted by molar-refractivity contribution is -0.113. The van der Waals surface area contributed by atoms with Gasteiger partial charge in [0.25, 0.3) is 0 Å². The zero-order valence-electron chi connectivity index (χ0n) is 15.6. The van der Waals surface area contributed by atoms with Gasteiger partial charge in [-0.1, -0.05) is 30.0 Å². The van der Waals surface area contributed by atoms with Crippen LogP contribution in [-0.4, -0.2) is 33.2 Å². The molecule has 1 aliphatic rings. The summed E-state index contributed by atoms with van der Waals surface area (Å²) in [6.45, 7) is 0.190. The summed E-state index contributed by atoms with van der Waals surface area (Å²) in [6, 6.07) is 18.6. The van der Waals surface area contributed by atoms with Crippen LogP contribution in [0.15, 0.2) is 76.5 Å². The van der Waals surface area contributed by atoms with E-state index in [0.717, 1.165) is 5.69 Å². The van der Waals surface area contributed by atoms with Gasteiger partial charge in [0.1, 0.15) is 0 Å².